The van der Waals surface area contributed by atoms with E-state index in [4.69, 9.17) is 9.47 Å². The number of allylic oxidation sites excluding steroid dienone is 1. The van der Waals surface area contributed by atoms with Gasteiger partial charge in [-0.05, 0) is 17.5 Å². The smallest absolute Gasteiger partial charge is 0.101 e. The molecule has 0 N–H and O–H groups in total. The van der Waals surface area contributed by atoms with Gasteiger partial charge in [0.2, 0.25) is 0 Å². The number of benzene rings is 1. The molecule has 3 nitrogen and oxygen atoms in total. The molecule has 1 heterocycles. The van der Waals surface area contributed by atoms with E-state index in [2.05, 4.69) is 41.3 Å². The van der Waals surface area contributed by atoms with Crippen LogP contribution in [0.15, 0.2) is 36.4 Å². The van der Waals surface area contributed by atoms with Gasteiger partial charge in [-0.15, -0.1) is 0 Å². The van der Waals surface area contributed by atoms with Crippen molar-refractivity contribution in [3.05, 3.63) is 47.5 Å². The van der Waals surface area contributed by atoms with E-state index in [1.54, 1.807) is 0 Å². The third-order valence-electron chi connectivity index (χ3n) is 3.82. The third kappa shape index (κ3) is 3.24. The number of nitrogens with zero attached hydrogens (tertiary/aromatic N) is 1. The second-order valence-corrected chi connectivity index (χ2v) is 5.08. The minimum absolute atomic E-state index is 0.131. The summed E-state index contributed by atoms with van der Waals surface area (Å²) >= 11 is 0. The molecule has 0 radical (unpaired) electrons. The Kier molecular flexibility index (Phi) is 4.28. The summed E-state index contributed by atoms with van der Waals surface area (Å²) in [5.74, 6) is 0. The van der Waals surface area contributed by atoms with Crippen LogP contribution in [0, 0.1) is 0 Å². The van der Waals surface area contributed by atoms with Crippen molar-refractivity contribution in [3.63, 3.8) is 0 Å². The Bertz CT molecular complexity index is 438. The highest BCUT2D eigenvalue weighted by molar-refractivity contribution is 5.36. The Labute approximate surface area is 114 Å². The molecular weight excluding hydrogens is 238 g/mol. The maximum Gasteiger partial charge on any atom is 0.101 e. The van der Waals surface area contributed by atoms with Crippen molar-refractivity contribution in [1.82, 2.24) is 4.90 Å². The van der Waals surface area contributed by atoms with Crippen LogP contribution in [0.1, 0.15) is 17.2 Å². The Morgan fingerprint density at radius 3 is 2.95 bits per heavy atom. The fraction of sp³-hybridized carbons (Fsp3) is 0.500. The molecule has 19 heavy (non-hydrogen) atoms. The van der Waals surface area contributed by atoms with Crippen LogP contribution < -0.4 is 0 Å². The van der Waals surface area contributed by atoms with Crippen molar-refractivity contribution in [1.29, 1.82) is 0 Å². The molecule has 1 saturated heterocycles. The van der Waals surface area contributed by atoms with E-state index in [0.717, 1.165) is 45.9 Å². The summed E-state index contributed by atoms with van der Waals surface area (Å²) in [5.41, 5.74) is 2.72. The van der Waals surface area contributed by atoms with Crippen molar-refractivity contribution in [2.45, 2.75) is 12.5 Å². The fourth-order valence-electron chi connectivity index (χ4n) is 2.70. The predicted molar refractivity (Wildman–Crippen MR) is 75.2 cm³/mol. The summed E-state index contributed by atoms with van der Waals surface area (Å²) in [6, 6.07) is 8.56. The normalized spacial score (nSPS) is 23.3. The van der Waals surface area contributed by atoms with Crippen LogP contribution in [0.3, 0.4) is 0 Å². The lowest BCUT2D eigenvalue weighted by atomic mass is 9.95. The van der Waals surface area contributed by atoms with Gasteiger partial charge in [0, 0.05) is 19.6 Å². The third-order valence-corrected chi connectivity index (χ3v) is 3.82. The van der Waals surface area contributed by atoms with Gasteiger partial charge in [-0.25, -0.2) is 0 Å². The molecule has 2 aliphatic rings. The van der Waals surface area contributed by atoms with E-state index in [0.29, 0.717) is 0 Å². The lowest BCUT2D eigenvalue weighted by molar-refractivity contribution is 0.0106. The number of rotatable bonds is 4. The maximum absolute atomic E-state index is 6.04. The predicted octanol–water partition coefficient (Wildman–Crippen LogP) is 2.19. The Morgan fingerprint density at radius 1 is 1.21 bits per heavy atom. The van der Waals surface area contributed by atoms with Crippen molar-refractivity contribution in [2.24, 2.45) is 0 Å². The molecule has 1 fully saturated rings. The Morgan fingerprint density at radius 2 is 2.05 bits per heavy atom. The number of hydrogen-bond acceptors (Lipinski definition) is 3. The van der Waals surface area contributed by atoms with Gasteiger partial charge in [-0.2, -0.15) is 0 Å². The lowest BCUT2D eigenvalue weighted by Crippen LogP contribution is -2.38. The van der Waals surface area contributed by atoms with Gasteiger partial charge >= 0.3 is 0 Å². The van der Waals surface area contributed by atoms with E-state index in [-0.39, 0.29) is 6.10 Å². The summed E-state index contributed by atoms with van der Waals surface area (Å²) in [7, 11) is 0. The van der Waals surface area contributed by atoms with E-state index in [1.165, 1.54) is 11.1 Å². The summed E-state index contributed by atoms with van der Waals surface area (Å²) in [5, 5.41) is 0. The second-order valence-electron chi connectivity index (χ2n) is 5.08. The van der Waals surface area contributed by atoms with Crippen LogP contribution in [0.5, 0.6) is 0 Å². The van der Waals surface area contributed by atoms with Gasteiger partial charge in [-0.1, -0.05) is 36.4 Å². The Hall–Kier alpha value is -1.16. The first kappa shape index (κ1) is 12.9. The molecule has 0 aromatic heterocycles. The molecule has 102 valence electrons. The topological polar surface area (TPSA) is 21.7 Å². The summed E-state index contributed by atoms with van der Waals surface area (Å²) < 4.78 is 11.4. The zero-order valence-electron chi connectivity index (χ0n) is 11.3. The number of hydrogen-bond donors (Lipinski definition) is 0. The van der Waals surface area contributed by atoms with Crippen molar-refractivity contribution in [3.8, 4) is 0 Å². The molecule has 0 bridgehead atoms. The first-order chi connectivity index (χ1) is 9.43. The molecule has 1 aromatic rings. The average molecular weight is 259 g/mol. The first-order valence-corrected chi connectivity index (χ1v) is 7.09. The zero-order chi connectivity index (χ0) is 12.9. The van der Waals surface area contributed by atoms with E-state index < -0.39 is 0 Å². The zero-order valence-corrected chi connectivity index (χ0v) is 11.3. The standard InChI is InChI=1S/C16H21NO2/c1-2-6-15-14(4-1)5-3-7-16(15)19-13-10-17-8-11-18-12-9-17/h1-4,6-7,16H,5,8-13H2. The van der Waals surface area contributed by atoms with E-state index >= 15 is 0 Å². The van der Waals surface area contributed by atoms with E-state index in [9.17, 15) is 0 Å². The monoisotopic (exact) mass is 259 g/mol. The number of ether oxygens (including phenoxy) is 2. The highest BCUT2D eigenvalue weighted by Gasteiger charge is 2.16. The molecule has 1 aromatic carbocycles. The highest BCUT2D eigenvalue weighted by Crippen LogP contribution is 2.27. The van der Waals surface area contributed by atoms with Crippen LogP contribution in [-0.2, 0) is 15.9 Å². The van der Waals surface area contributed by atoms with Gasteiger partial charge in [0.25, 0.3) is 0 Å². The van der Waals surface area contributed by atoms with Crippen LogP contribution in [-0.4, -0.2) is 44.4 Å². The van der Waals surface area contributed by atoms with Crippen molar-refractivity contribution in [2.75, 3.05) is 39.5 Å². The van der Waals surface area contributed by atoms with Gasteiger partial charge in [0.15, 0.2) is 0 Å². The molecule has 0 spiro atoms. The fourth-order valence-corrected chi connectivity index (χ4v) is 2.70. The molecule has 1 aliphatic heterocycles. The SMILES string of the molecule is C1=CC(OCCN2CCOCC2)c2ccccc2C1. The average Bonchev–Trinajstić information content (AvgIpc) is 2.49. The molecule has 1 atom stereocenters. The van der Waals surface area contributed by atoms with Crippen LogP contribution in [0.2, 0.25) is 0 Å². The highest BCUT2D eigenvalue weighted by atomic mass is 16.5. The molecule has 1 aliphatic carbocycles. The minimum Gasteiger partial charge on any atom is -0.379 e. The summed E-state index contributed by atoms with van der Waals surface area (Å²) in [6.45, 7) is 5.54. The van der Waals surface area contributed by atoms with Crippen molar-refractivity contribution >= 4 is 0 Å². The lowest BCUT2D eigenvalue weighted by Gasteiger charge is -2.27. The van der Waals surface area contributed by atoms with Gasteiger partial charge in [0.05, 0.1) is 19.8 Å². The maximum atomic E-state index is 6.04. The minimum atomic E-state index is 0.131. The molecule has 3 heteroatoms. The van der Waals surface area contributed by atoms with Gasteiger partial charge in [0.1, 0.15) is 6.10 Å². The van der Waals surface area contributed by atoms with Crippen LogP contribution in [0.4, 0.5) is 0 Å². The first-order valence-electron chi connectivity index (χ1n) is 7.09. The summed E-state index contributed by atoms with van der Waals surface area (Å²) in [6.07, 6.45) is 5.55. The molecule has 3 rings (SSSR count). The van der Waals surface area contributed by atoms with Gasteiger partial charge < -0.3 is 9.47 Å². The quantitative estimate of drug-likeness (QED) is 0.774. The van der Waals surface area contributed by atoms with Gasteiger partial charge in [-0.3, -0.25) is 4.90 Å². The molecule has 0 saturated carbocycles. The number of morpholine rings is 1. The Balaban J connectivity index is 1.52. The molecular formula is C16H21NO2. The summed E-state index contributed by atoms with van der Waals surface area (Å²) in [4.78, 5) is 2.40. The van der Waals surface area contributed by atoms with E-state index in [1.807, 2.05) is 0 Å². The molecule has 0 amide bonds. The van der Waals surface area contributed by atoms with Crippen LogP contribution >= 0.6 is 0 Å². The second kappa shape index (κ2) is 6.33. The number of fused-ring (bicyclic) bond motifs is 1. The molecule has 1 unspecified atom stereocenters. The largest absolute Gasteiger partial charge is 0.379 e. The van der Waals surface area contributed by atoms with Crippen LogP contribution in [0.25, 0.3) is 0 Å². The van der Waals surface area contributed by atoms with Crippen molar-refractivity contribution < 1.29 is 9.47 Å².